The van der Waals surface area contributed by atoms with E-state index in [1.165, 1.54) is 12.1 Å². The lowest BCUT2D eigenvalue weighted by Crippen LogP contribution is -2.26. The molecule has 0 aliphatic carbocycles. The zero-order chi connectivity index (χ0) is 14.5. The molecule has 2 rings (SSSR count). The highest BCUT2D eigenvalue weighted by atomic mass is 79.9. The van der Waals surface area contributed by atoms with Gasteiger partial charge in [0.2, 0.25) is 0 Å². The number of hydrogen-bond donors (Lipinski definition) is 2. The average molecular weight is 344 g/mol. The van der Waals surface area contributed by atoms with Crippen LogP contribution >= 0.6 is 15.9 Å². The molecule has 2 N–H and O–H groups in total. The van der Waals surface area contributed by atoms with Crippen LogP contribution < -0.4 is 5.32 Å². The lowest BCUT2D eigenvalue weighted by molar-refractivity contribution is 0.459. The van der Waals surface area contributed by atoms with Crippen LogP contribution in [-0.2, 0) is 6.42 Å². The van der Waals surface area contributed by atoms with Crippen molar-refractivity contribution in [2.45, 2.75) is 25.8 Å². The summed E-state index contributed by atoms with van der Waals surface area (Å²) in [6, 6.07) is 2.11. The number of imidazole rings is 1. The van der Waals surface area contributed by atoms with Crippen LogP contribution in [0.3, 0.4) is 0 Å². The molecule has 0 saturated heterocycles. The van der Waals surface area contributed by atoms with E-state index in [2.05, 4.69) is 31.2 Å². The van der Waals surface area contributed by atoms with Crippen LogP contribution in [0, 0.1) is 11.6 Å². The van der Waals surface area contributed by atoms with Gasteiger partial charge in [-0.05, 0) is 25.1 Å². The van der Waals surface area contributed by atoms with Crippen molar-refractivity contribution in [2.24, 2.45) is 0 Å². The molecule has 0 amide bonds. The average Bonchev–Trinajstić information content (AvgIpc) is 2.87. The van der Waals surface area contributed by atoms with Gasteiger partial charge in [-0.3, -0.25) is 0 Å². The molecule has 1 aromatic heterocycles. The monoisotopic (exact) mass is 343 g/mol. The van der Waals surface area contributed by atoms with Gasteiger partial charge < -0.3 is 10.3 Å². The molecule has 0 spiro atoms. The molecular formula is C14H16BrF2N3. The van der Waals surface area contributed by atoms with Gasteiger partial charge in [0.05, 0.1) is 0 Å². The normalized spacial score (nSPS) is 12.6. The number of H-pyrrole nitrogens is 1. The van der Waals surface area contributed by atoms with E-state index < -0.39 is 17.7 Å². The van der Waals surface area contributed by atoms with Crippen LogP contribution in [0.4, 0.5) is 8.78 Å². The molecule has 20 heavy (non-hydrogen) atoms. The second-order valence-corrected chi connectivity index (χ2v) is 5.45. The number of hydrogen-bond acceptors (Lipinski definition) is 2. The van der Waals surface area contributed by atoms with Gasteiger partial charge in [0.25, 0.3) is 0 Å². The molecule has 0 bridgehead atoms. The van der Waals surface area contributed by atoms with Crippen molar-refractivity contribution >= 4 is 15.9 Å². The topological polar surface area (TPSA) is 40.7 Å². The van der Waals surface area contributed by atoms with Crippen LogP contribution in [0.1, 0.15) is 30.8 Å². The molecule has 2 aromatic rings. The minimum absolute atomic E-state index is 0.0538. The first-order valence-corrected chi connectivity index (χ1v) is 7.27. The van der Waals surface area contributed by atoms with Crippen molar-refractivity contribution in [1.29, 1.82) is 0 Å². The first kappa shape index (κ1) is 15.1. The molecule has 1 atom stereocenters. The van der Waals surface area contributed by atoms with E-state index >= 15 is 0 Å². The van der Waals surface area contributed by atoms with Crippen LogP contribution in [0.15, 0.2) is 29.0 Å². The first-order valence-electron chi connectivity index (χ1n) is 6.48. The van der Waals surface area contributed by atoms with Gasteiger partial charge in [-0.25, -0.2) is 13.8 Å². The number of halogens is 3. The van der Waals surface area contributed by atoms with Crippen molar-refractivity contribution < 1.29 is 8.78 Å². The molecule has 0 radical (unpaired) electrons. The third-order valence-electron chi connectivity index (χ3n) is 2.99. The number of nitrogens with one attached hydrogen (secondary N) is 2. The molecule has 1 unspecified atom stereocenters. The van der Waals surface area contributed by atoms with Crippen molar-refractivity contribution in [3.05, 3.63) is 52.0 Å². The Morgan fingerprint density at radius 3 is 2.60 bits per heavy atom. The molecule has 0 aliphatic heterocycles. The summed E-state index contributed by atoms with van der Waals surface area (Å²) < 4.78 is 28.5. The Morgan fingerprint density at radius 2 is 2.05 bits per heavy atom. The summed E-state index contributed by atoms with van der Waals surface area (Å²) in [5.41, 5.74) is 0.0538. The maximum absolute atomic E-state index is 14.1. The third kappa shape index (κ3) is 3.64. The fourth-order valence-corrected chi connectivity index (χ4v) is 2.49. The molecule has 6 heteroatoms. The first-order chi connectivity index (χ1) is 9.61. The van der Waals surface area contributed by atoms with Gasteiger partial charge in [-0.1, -0.05) is 22.9 Å². The zero-order valence-electron chi connectivity index (χ0n) is 11.1. The number of benzene rings is 1. The summed E-state index contributed by atoms with van der Waals surface area (Å²) in [6.07, 6.45) is 4.61. The van der Waals surface area contributed by atoms with Crippen molar-refractivity contribution in [3.63, 3.8) is 0 Å². The summed E-state index contributed by atoms with van der Waals surface area (Å²) in [7, 11) is 0. The molecule has 1 aromatic carbocycles. The van der Waals surface area contributed by atoms with E-state index in [-0.39, 0.29) is 5.56 Å². The van der Waals surface area contributed by atoms with Crippen molar-refractivity contribution in [1.82, 2.24) is 15.3 Å². The summed E-state index contributed by atoms with van der Waals surface area (Å²) >= 11 is 3.09. The second-order valence-electron chi connectivity index (χ2n) is 4.53. The summed E-state index contributed by atoms with van der Waals surface area (Å²) in [5, 5.41) is 3.17. The summed E-state index contributed by atoms with van der Waals surface area (Å²) in [5.74, 6) is -0.422. The Kier molecular flexibility index (Phi) is 5.25. The fraction of sp³-hybridized carbons (Fsp3) is 0.357. The Bertz CT molecular complexity index is 535. The smallest absolute Gasteiger partial charge is 0.132 e. The van der Waals surface area contributed by atoms with Gasteiger partial charge in [0.15, 0.2) is 0 Å². The lowest BCUT2D eigenvalue weighted by atomic mass is 10.0. The number of aromatic nitrogens is 2. The van der Waals surface area contributed by atoms with Crippen LogP contribution in [0.5, 0.6) is 0 Å². The van der Waals surface area contributed by atoms with Crippen LogP contribution in [0.25, 0.3) is 0 Å². The maximum Gasteiger partial charge on any atom is 0.132 e. The highest BCUT2D eigenvalue weighted by Gasteiger charge is 2.21. The zero-order valence-corrected chi connectivity index (χ0v) is 12.7. The Balaban J connectivity index is 2.30. The van der Waals surface area contributed by atoms with Crippen molar-refractivity contribution in [2.75, 3.05) is 6.54 Å². The second kappa shape index (κ2) is 6.95. The molecule has 0 saturated carbocycles. The molecule has 0 aliphatic rings. The molecule has 108 valence electrons. The maximum atomic E-state index is 14.1. The fourth-order valence-electron chi connectivity index (χ4n) is 2.08. The SMILES string of the molecule is CCCNC(Cc1ncc[nH]1)c1c(F)cc(Br)cc1F. The van der Waals surface area contributed by atoms with E-state index in [4.69, 9.17) is 0 Å². The molecular weight excluding hydrogens is 328 g/mol. The van der Waals surface area contributed by atoms with Gasteiger partial charge in [-0.15, -0.1) is 0 Å². The number of nitrogens with zero attached hydrogens (tertiary/aromatic N) is 1. The van der Waals surface area contributed by atoms with Crippen molar-refractivity contribution in [3.8, 4) is 0 Å². The minimum atomic E-state index is -0.558. The predicted octanol–water partition coefficient (Wildman–Crippen LogP) is 3.73. The third-order valence-corrected chi connectivity index (χ3v) is 3.44. The minimum Gasteiger partial charge on any atom is -0.349 e. The Hall–Kier alpha value is -1.27. The van der Waals surface area contributed by atoms with E-state index in [0.717, 1.165) is 6.42 Å². The molecule has 3 nitrogen and oxygen atoms in total. The summed E-state index contributed by atoms with van der Waals surface area (Å²) in [6.45, 7) is 2.69. The Morgan fingerprint density at radius 1 is 1.35 bits per heavy atom. The van der Waals surface area contributed by atoms with E-state index in [1.807, 2.05) is 6.92 Å². The van der Waals surface area contributed by atoms with Crippen LogP contribution in [-0.4, -0.2) is 16.5 Å². The van der Waals surface area contributed by atoms with E-state index in [0.29, 0.717) is 23.3 Å². The highest BCUT2D eigenvalue weighted by Crippen LogP contribution is 2.26. The lowest BCUT2D eigenvalue weighted by Gasteiger charge is -2.19. The van der Waals surface area contributed by atoms with Gasteiger partial charge in [-0.2, -0.15) is 0 Å². The number of rotatable bonds is 6. The van der Waals surface area contributed by atoms with Crippen LogP contribution in [0.2, 0.25) is 0 Å². The predicted molar refractivity (Wildman–Crippen MR) is 77.4 cm³/mol. The summed E-state index contributed by atoms with van der Waals surface area (Å²) in [4.78, 5) is 7.08. The molecule has 1 heterocycles. The van der Waals surface area contributed by atoms with Gasteiger partial charge in [0, 0.05) is 34.9 Å². The van der Waals surface area contributed by atoms with Gasteiger partial charge >= 0.3 is 0 Å². The quantitative estimate of drug-likeness (QED) is 0.838. The molecule has 0 fully saturated rings. The largest absolute Gasteiger partial charge is 0.349 e. The van der Waals surface area contributed by atoms with Gasteiger partial charge in [0.1, 0.15) is 17.5 Å². The Labute approximate surface area is 124 Å². The van der Waals surface area contributed by atoms with E-state index in [9.17, 15) is 8.78 Å². The van der Waals surface area contributed by atoms with E-state index in [1.54, 1.807) is 12.4 Å². The standard InChI is InChI=1S/C14H16BrF2N3/c1-2-3-18-12(8-13-19-4-5-20-13)14-10(16)6-9(15)7-11(14)17/h4-7,12,18H,2-3,8H2,1H3,(H,19,20). The highest BCUT2D eigenvalue weighted by molar-refractivity contribution is 9.10. The number of aromatic amines is 1.